The van der Waals surface area contributed by atoms with Gasteiger partial charge in [0.2, 0.25) is 0 Å². The number of phenolic OH excluding ortho intramolecular Hbond substituents is 1. The number of carbonyl (C=O) groups is 2. The van der Waals surface area contributed by atoms with E-state index in [9.17, 15) is 19.8 Å². The Morgan fingerprint density at radius 3 is 2.61 bits per heavy atom. The normalized spacial score (nSPS) is 17.8. The molecule has 0 unspecified atom stereocenters. The van der Waals surface area contributed by atoms with E-state index in [2.05, 4.69) is 0 Å². The lowest BCUT2D eigenvalue weighted by molar-refractivity contribution is -0.129. The lowest BCUT2D eigenvalue weighted by Crippen LogP contribution is -2.31. The molecule has 0 aliphatic carbocycles. The summed E-state index contributed by atoms with van der Waals surface area (Å²) in [5.41, 5.74) is 0.692. The number of nitrogens with zero attached hydrogens (tertiary/aromatic N) is 1. The van der Waals surface area contributed by atoms with Crippen LogP contribution in [0.1, 0.15) is 38.3 Å². The Kier molecular flexibility index (Phi) is 4.93. The summed E-state index contributed by atoms with van der Waals surface area (Å²) in [7, 11) is 1.42. The molecule has 6 heteroatoms. The molecule has 124 valence electrons. The highest BCUT2D eigenvalue weighted by Crippen LogP contribution is 2.40. The van der Waals surface area contributed by atoms with Gasteiger partial charge in [0.1, 0.15) is 0 Å². The fourth-order valence-electron chi connectivity index (χ4n) is 2.78. The largest absolute Gasteiger partial charge is 0.504 e. The van der Waals surface area contributed by atoms with Crippen LogP contribution in [0.25, 0.3) is 0 Å². The van der Waals surface area contributed by atoms with Gasteiger partial charge in [0.05, 0.1) is 18.7 Å². The molecule has 2 N–H and O–H groups in total. The van der Waals surface area contributed by atoms with Crippen LogP contribution in [0.2, 0.25) is 0 Å². The number of rotatable bonds is 6. The summed E-state index contributed by atoms with van der Waals surface area (Å²) < 4.78 is 5.09. The van der Waals surface area contributed by atoms with Crippen molar-refractivity contribution in [3.05, 3.63) is 35.1 Å². The lowest BCUT2D eigenvalue weighted by atomic mass is 9.96. The number of aliphatic hydroxyl groups is 1. The number of hydrogen-bond acceptors (Lipinski definition) is 5. The van der Waals surface area contributed by atoms with Crippen molar-refractivity contribution >= 4 is 11.7 Å². The van der Waals surface area contributed by atoms with E-state index in [0.717, 1.165) is 12.8 Å². The van der Waals surface area contributed by atoms with Crippen molar-refractivity contribution in [2.24, 2.45) is 0 Å². The molecule has 1 aliphatic rings. The quantitative estimate of drug-likeness (QED) is 0.841. The SMILES string of the molecule is CCCCN1C(=O)C(O)=C(C(C)=O)[C@@H]1c1ccc(O)c(OC)c1. The van der Waals surface area contributed by atoms with Crippen LogP contribution in [0.15, 0.2) is 29.5 Å². The van der Waals surface area contributed by atoms with Crippen LogP contribution in [0.5, 0.6) is 11.5 Å². The summed E-state index contributed by atoms with van der Waals surface area (Å²) in [6.07, 6.45) is 1.64. The molecule has 1 amide bonds. The summed E-state index contributed by atoms with van der Waals surface area (Å²) in [6.45, 7) is 3.76. The zero-order chi connectivity index (χ0) is 17.1. The second-order valence-electron chi connectivity index (χ2n) is 5.50. The summed E-state index contributed by atoms with van der Waals surface area (Å²) in [6, 6.07) is 3.98. The average molecular weight is 319 g/mol. The number of ether oxygens (including phenoxy) is 1. The van der Waals surface area contributed by atoms with E-state index >= 15 is 0 Å². The van der Waals surface area contributed by atoms with Crippen molar-refractivity contribution in [1.82, 2.24) is 4.90 Å². The Morgan fingerprint density at radius 1 is 1.35 bits per heavy atom. The number of unbranched alkanes of at least 4 members (excludes halogenated alkanes) is 1. The number of amides is 1. The molecule has 1 aliphatic heterocycles. The van der Waals surface area contributed by atoms with Crippen molar-refractivity contribution < 1.29 is 24.5 Å². The third-order valence-electron chi connectivity index (χ3n) is 3.96. The van der Waals surface area contributed by atoms with Crippen molar-refractivity contribution in [1.29, 1.82) is 0 Å². The molecule has 0 spiro atoms. The van der Waals surface area contributed by atoms with Gasteiger partial charge in [-0.2, -0.15) is 0 Å². The maximum Gasteiger partial charge on any atom is 0.290 e. The van der Waals surface area contributed by atoms with Gasteiger partial charge in [0.15, 0.2) is 23.0 Å². The van der Waals surface area contributed by atoms with Crippen LogP contribution in [0.3, 0.4) is 0 Å². The number of benzene rings is 1. The Morgan fingerprint density at radius 2 is 2.04 bits per heavy atom. The fourth-order valence-corrected chi connectivity index (χ4v) is 2.78. The Labute approximate surface area is 135 Å². The third kappa shape index (κ3) is 3.02. The first-order valence-corrected chi connectivity index (χ1v) is 7.54. The first-order valence-electron chi connectivity index (χ1n) is 7.54. The molecule has 0 radical (unpaired) electrons. The molecule has 2 rings (SSSR count). The predicted octanol–water partition coefficient (Wildman–Crippen LogP) is 2.49. The minimum absolute atomic E-state index is 0.0294. The second-order valence-corrected chi connectivity index (χ2v) is 5.50. The van der Waals surface area contributed by atoms with Gasteiger partial charge in [-0.05, 0) is 31.0 Å². The summed E-state index contributed by atoms with van der Waals surface area (Å²) >= 11 is 0. The monoisotopic (exact) mass is 319 g/mol. The number of aromatic hydroxyl groups is 1. The van der Waals surface area contributed by atoms with Crippen molar-refractivity contribution in [3.8, 4) is 11.5 Å². The van der Waals surface area contributed by atoms with Crippen LogP contribution in [-0.4, -0.2) is 40.5 Å². The van der Waals surface area contributed by atoms with E-state index in [1.54, 1.807) is 12.1 Å². The lowest BCUT2D eigenvalue weighted by Gasteiger charge is -2.26. The van der Waals surface area contributed by atoms with Crippen molar-refractivity contribution in [2.75, 3.05) is 13.7 Å². The van der Waals surface area contributed by atoms with Gasteiger partial charge < -0.3 is 19.8 Å². The van der Waals surface area contributed by atoms with Crippen LogP contribution in [0.4, 0.5) is 0 Å². The topological polar surface area (TPSA) is 87.1 Å². The molecule has 0 fully saturated rings. The first kappa shape index (κ1) is 16.9. The third-order valence-corrected chi connectivity index (χ3v) is 3.96. The number of Topliss-reactive ketones (excluding diaryl/α,β-unsaturated/α-hetero) is 1. The van der Waals surface area contributed by atoms with Gasteiger partial charge in [-0.15, -0.1) is 0 Å². The molecule has 0 saturated carbocycles. The first-order chi connectivity index (χ1) is 10.9. The molecular weight excluding hydrogens is 298 g/mol. The second kappa shape index (κ2) is 6.73. The van der Waals surface area contributed by atoms with Gasteiger partial charge >= 0.3 is 0 Å². The van der Waals surface area contributed by atoms with Crippen LogP contribution in [-0.2, 0) is 9.59 Å². The Balaban J connectivity index is 2.52. The van der Waals surface area contributed by atoms with Gasteiger partial charge in [-0.1, -0.05) is 19.4 Å². The highest BCUT2D eigenvalue weighted by molar-refractivity contribution is 6.08. The van der Waals surface area contributed by atoms with Crippen LogP contribution >= 0.6 is 0 Å². The van der Waals surface area contributed by atoms with Gasteiger partial charge in [-0.3, -0.25) is 9.59 Å². The highest BCUT2D eigenvalue weighted by Gasteiger charge is 2.42. The molecule has 0 aromatic heterocycles. The van der Waals surface area contributed by atoms with Crippen molar-refractivity contribution in [3.63, 3.8) is 0 Å². The van der Waals surface area contributed by atoms with E-state index in [1.807, 2.05) is 6.92 Å². The van der Waals surface area contributed by atoms with E-state index < -0.39 is 17.7 Å². The summed E-state index contributed by atoms with van der Waals surface area (Å²) in [5.74, 6) is -1.17. The van der Waals surface area contributed by atoms with Crippen LogP contribution in [0, 0.1) is 0 Å². The number of methoxy groups -OCH3 is 1. The van der Waals surface area contributed by atoms with E-state index in [0.29, 0.717) is 12.1 Å². The number of ketones is 1. The smallest absolute Gasteiger partial charge is 0.290 e. The maximum atomic E-state index is 12.3. The van der Waals surface area contributed by atoms with Gasteiger partial charge in [-0.25, -0.2) is 0 Å². The predicted molar refractivity (Wildman–Crippen MR) is 84.4 cm³/mol. The van der Waals surface area contributed by atoms with Crippen LogP contribution < -0.4 is 4.74 Å². The Bertz CT molecular complexity index is 665. The molecule has 23 heavy (non-hydrogen) atoms. The standard InChI is InChI=1S/C17H21NO5/c1-4-5-8-18-15(14(10(2)19)16(21)17(18)22)11-6-7-12(20)13(9-11)23-3/h6-7,9,15,20-21H,4-5,8H2,1-3H3/t15-/m0/s1. The number of phenols is 1. The molecule has 1 heterocycles. The molecular formula is C17H21NO5. The minimum Gasteiger partial charge on any atom is -0.504 e. The summed E-state index contributed by atoms with van der Waals surface area (Å²) in [5, 5.41) is 19.8. The molecule has 0 bridgehead atoms. The Hall–Kier alpha value is -2.50. The maximum absolute atomic E-state index is 12.3. The molecule has 1 aromatic rings. The molecule has 1 atom stereocenters. The highest BCUT2D eigenvalue weighted by atomic mass is 16.5. The zero-order valence-electron chi connectivity index (χ0n) is 13.5. The van der Waals surface area contributed by atoms with Crippen molar-refractivity contribution in [2.45, 2.75) is 32.7 Å². The molecule has 0 saturated heterocycles. The van der Waals surface area contributed by atoms with Gasteiger partial charge in [0, 0.05) is 6.54 Å². The van der Waals surface area contributed by atoms with E-state index in [4.69, 9.17) is 4.74 Å². The molecule has 6 nitrogen and oxygen atoms in total. The van der Waals surface area contributed by atoms with E-state index in [-0.39, 0.29) is 22.9 Å². The number of hydrogen-bond donors (Lipinski definition) is 2. The summed E-state index contributed by atoms with van der Waals surface area (Å²) in [4.78, 5) is 25.8. The number of aliphatic hydroxyl groups excluding tert-OH is 1. The fraction of sp³-hybridized carbons (Fsp3) is 0.412. The molecule has 1 aromatic carbocycles. The minimum atomic E-state index is -0.666. The van der Waals surface area contributed by atoms with E-state index in [1.165, 1.54) is 25.0 Å². The van der Waals surface area contributed by atoms with Gasteiger partial charge in [0.25, 0.3) is 5.91 Å². The zero-order valence-corrected chi connectivity index (χ0v) is 13.5. The average Bonchev–Trinajstić information content (AvgIpc) is 2.77. The number of carbonyl (C=O) groups excluding carboxylic acids is 2.